The molecular formula is C22H27NO4. The number of hydrogen-bond donors (Lipinski definition) is 1. The molecule has 5 nitrogen and oxygen atoms in total. The third kappa shape index (κ3) is 6.44. The van der Waals surface area contributed by atoms with E-state index in [4.69, 9.17) is 9.47 Å². The van der Waals surface area contributed by atoms with Gasteiger partial charge < -0.3 is 14.8 Å². The summed E-state index contributed by atoms with van der Waals surface area (Å²) < 4.78 is 10.8. The van der Waals surface area contributed by atoms with Crippen LogP contribution in [0.25, 0.3) is 0 Å². The number of carbonyl (C=O) groups is 2. The number of anilines is 1. The Kier molecular flexibility index (Phi) is 7.41. The Hall–Kier alpha value is -2.82. The van der Waals surface area contributed by atoms with Crippen LogP contribution in [-0.2, 0) is 9.53 Å². The molecule has 2 aromatic rings. The summed E-state index contributed by atoms with van der Waals surface area (Å²) in [6.07, 6.45) is 0.834. The first kappa shape index (κ1) is 20.5. The van der Waals surface area contributed by atoms with Crippen molar-refractivity contribution in [2.75, 3.05) is 18.5 Å². The summed E-state index contributed by atoms with van der Waals surface area (Å²) in [5.74, 6) is 0.570. The van der Waals surface area contributed by atoms with E-state index in [1.807, 2.05) is 32.0 Å². The highest BCUT2D eigenvalue weighted by molar-refractivity contribution is 5.93. The second-order valence-corrected chi connectivity index (χ2v) is 6.93. The van der Waals surface area contributed by atoms with E-state index in [0.717, 1.165) is 17.5 Å². The zero-order valence-electron chi connectivity index (χ0n) is 16.4. The van der Waals surface area contributed by atoms with Crippen LogP contribution in [0.1, 0.15) is 41.8 Å². The molecule has 0 fully saturated rings. The predicted octanol–water partition coefficient (Wildman–Crippen LogP) is 4.52. The molecule has 27 heavy (non-hydrogen) atoms. The molecular weight excluding hydrogens is 342 g/mol. The van der Waals surface area contributed by atoms with E-state index < -0.39 is 0 Å². The van der Waals surface area contributed by atoms with Gasteiger partial charge in [-0.2, -0.15) is 0 Å². The van der Waals surface area contributed by atoms with Crippen LogP contribution >= 0.6 is 0 Å². The van der Waals surface area contributed by atoms with Crippen LogP contribution in [-0.4, -0.2) is 25.1 Å². The molecule has 1 N–H and O–H groups in total. The Morgan fingerprint density at radius 2 is 1.74 bits per heavy atom. The first-order chi connectivity index (χ1) is 12.9. The van der Waals surface area contributed by atoms with Crippen molar-refractivity contribution >= 4 is 17.6 Å². The van der Waals surface area contributed by atoms with Gasteiger partial charge in [0.2, 0.25) is 0 Å². The van der Waals surface area contributed by atoms with E-state index in [1.54, 1.807) is 24.3 Å². The minimum Gasteiger partial charge on any atom is -0.483 e. The first-order valence-electron chi connectivity index (χ1n) is 9.13. The SMILES string of the molecule is Cc1cccc(OCC(=O)Nc2ccc(C(=O)OCCC(C)C)cc2)c1C. The molecule has 0 heterocycles. The number of nitrogens with one attached hydrogen (secondary N) is 1. The minimum absolute atomic E-state index is 0.0801. The summed E-state index contributed by atoms with van der Waals surface area (Å²) >= 11 is 0. The smallest absolute Gasteiger partial charge is 0.338 e. The number of benzene rings is 2. The molecule has 0 spiro atoms. The highest BCUT2D eigenvalue weighted by atomic mass is 16.5. The number of rotatable bonds is 8. The number of carbonyl (C=O) groups excluding carboxylic acids is 2. The van der Waals surface area contributed by atoms with Gasteiger partial charge in [0.25, 0.3) is 5.91 Å². The minimum atomic E-state index is -0.355. The monoisotopic (exact) mass is 369 g/mol. The Morgan fingerprint density at radius 1 is 1.04 bits per heavy atom. The fourth-order valence-electron chi connectivity index (χ4n) is 2.38. The van der Waals surface area contributed by atoms with Gasteiger partial charge in [0, 0.05) is 5.69 Å². The molecule has 2 rings (SSSR count). The number of esters is 1. The highest BCUT2D eigenvalue weighted by Crippen LogP contribution is 2.20. The molecule has 0 aliphatic carbocycles. The molecule has 0 saturated carbocycles. The van der Waals surface area contributed by atoms with Gasteiger partial charge in [0.1, 0.15) is 5.75 Å². The van der Waals surface area contributed by atoms with E-state index >= 15 is 0 Å². The second kappa shape index (κ2) is 9.76. The fourth-order valence-corrected chi connectivity index (χ4v) is 2.38. The summed E-state index contributed by atoms with van der Waals surface area (Å²) in [7, 11) is 0. The van der Waals surface area contributed by atoms with E-state index in [-0.39, 0.29) is 18.5 Å². The quantitative estimate of drug-likeness (QED) is 0.695. The number of hydrogen-bond acceptors (Lipinski definition) is 4. The normalized spacial score (nSPS) is 10.6. The van der Waals surface area contributed by atoms with Gasteiger partial charge >= 0.3 is 5.97 Å². The van der Waals surface area contributed by atoms with Gasteiger partial charge in [-0.05, 0) is 67.6 Å². The lowest BCUT2D eigenvalue weighted by molar-refractivity contribution is -0.118. The lowest BCUT2D eigenvalue weighted by Gasteiger charge is -2.11. The summed E-state index contributed by atoms with van der Waals surface area (Å²) in [5.41, 5.74) is 3.20. The van der Waals surface area contributed by atoms with E-state index in [0.29, 0.717) is 29.5 Å². The maximum atomic E-state index is 12.1. The third-order valence-corrected chi connectivity index (χ3v) is 4.25. The topological polar surface area (TPSA) is 64.6 Å². The van der Waals surface area contributed by atoms with Crippen molar-refractivity contribution in [3.8, 4) is 5.75 Å². The predicted molar refractivity (Wildman–Crippen MR) is 106 cm³/mol. The Morgan fingerprint density at radius 3 is 2.41 bits per heavy atom. The van der Waals surface area contributed by atoms with E-state index in [2.05, 4.69) is 19.2 Å². The lowest BCUT2D eigenvalue weighted by atomic mass is 10.1. The maximum absolute atomic E-state index is 12.1. The Balaban J connectivity index is 1.84. The van der Waals surface area contributed by atoms with Gasteiger partial charge in [-0.25, -0.2) is 4.79 Å². The molecule has 0 bridgehead atoms. The summed E-state index contributed by atoms with van der Waals surface area (Å²) in [6, 6.07) is 12.4. The van der Waals surface area contributed by atoms with Crippen molar-refractivity contribution in [3.05, 3.63) is 59.2 Å². The summed E-state index contributed by atoms with van der Waals surface area (Å²) in [6.45, 7) is 8.44. The van der Waals surface area contributed by atoms with E-state index in [9.17, 15) is 9.59 Å². The molecule has 0 aliphatic rings. The Bertz CT molecular complexity index is 781. The molecule has 0 atom stereocenters. The van der Waals surface area contributed by atoms with Crippen molar-refractivity contribution in [3.63, 3.8) is 0 Å². The molecule has 2 aromatic carbocycles. The molecule has 0 aliphatic heterocycles. The Labute approximate surface area is 160 Å². The van der Waals surface area contributed by atoms with Crippen LogP contribution in [0.2, 0.25) is 0 Å². The van der Waals surface area contributed by atoms with Gasteiger partial charge in [0.15, 0.2) is 6.61 Å². The van der Waals surface area contributed by atoms with Crippen molar-refractivity contribution in [1.82, 2.24) is 0 Å². The van der Waals surface area contributed by atoms with Crippen LogP contribution in [0, 0.1) is 19.8 Å². The van der Waals surface area contributed by atoms with Gasteiger partial charge in [-0.3, -0.25) is 4.79 Å². The van der Waals surface area contributed by atoms with Crippen LogP contribution in [0.4, 0.5) is 5.69 Å². The molecule has 144 valence electrons. The van der Waals surface area contributed by atoms with Crippen LogP contribution in [0.3, 0.4) is 0 Å². The zero-order valence-corrected chi connectivity index (χ0v) is 16.4. The maximum Gasteiger partial charge on any atom is 0.338 e. The van der Waals surface area contributed by atoms with Crippen molar-refractivity contribution in [1.29, 1.82) is 0 Å². The average Bonchev–Trinajstić information content (AvgIpc) is 2.63. The molecule has 1 amide bonds. The largest absolute Gasteiger partial charge is 0.483 e. The standard InChI is InChI=1S/C22H27NO4/c1-15(2)12-13-26-22(25)18-8-10-19(11-9-18)23-21(24)14-27-20-7-5-6-16(3)17(20)4/h5-11,15H,12-14H2,1-4H3,(H,23,24). The van der Waals surface area contributed by atoms with Gasteiger partial charge in [-0.15, -0.1) is 0 Å². The van der Waals surface area contributed by atoms with Crippen molar-refractivity contribution in [2.24, 2.45) is 5.92 Å². The van der Waals surface area contributed by atoms with Gasteiger partial charge in [-0.1, -0.05) is 26.0 Å². The van der Waals surface area contributed by atoms with Crippen molar-refractivity contribution in [2.45, 2.75) is 34.1 Å². The number of amides is 1. The molecule has 0 saturated heterocycles. The number of aryl methyl sites for hydroxylation is 1. The summed E-state index contributed by atoms with van der Waals surface area (Å²) in [4.78, 5) is 24.0. The van der Waals surface area contributed by atoms with Crippen LogP contribution in [0.15, 0.2) is 42.5 Å². The molecule has 0 radical (unpaired) electrons. The lowest BCUT2D eigenvalue weighted by Crippen LogP contribution is -2.20. The third-order valence-electron chi connectivity index (χ3n) is 4.25. The van der Waals surface area contributed by atoms with Gasteiger partial charge in [0.05, 0.1) is 12.2 Å². The average molecular weight is 369 g/mol. The molecule has 0 unspecified atom stereocenters. The van der Waals surface area contributed by atoms with Crippen LogP contribution < -0.4 is 10.1 Å². The highest BCUT2D eigenvalue weighted by Gasteiger charge is 2.09. The fraction of sp³-hybridized carbons (Fsp3) is 0.364. The van der Waals surface area contributed by atoms with Crippen LogP contribution in [0.5, 0.6) is 5.75 Å². The second-order valence-electron chi connectivity index (χ2n) is 6.93. The molecule has 0 aromatic heterocycles. The van der Waals surface area contributed by atoms with E-state index in [1.165, 1.54) is 0 Å². The van der Waals surface area contributed by atoms with Crippen molar-refractivity contribution < 1.29 is 19.1 Å². The summed E-state index contributed by atoms with van der Waals surface area (Å²) in [5, 5.41) is 2.75. The number of ether oxygens (including phenoxy) is 2. The molecule has 5 heteroatoms. The zero-order chi connectivity index (χ0) is 19.8. The first-order valence-corrected chi connectivity index (χ1v) is 9.13.